The average Bonchev–Trinajstić information content (AvgIpc) is 2.65. The monoisotopic (exact) mass is 208 g/mol. The third-order valence-electron chi connectivity index (χ3n) is 1.84. The van der Waals surface area contributed by atoms with Crippen molar-refractivity contribution in [1.82, 2.24) is 10.3 Å². The first-order valence-electron chi connectivity index (χ1n) is 4.55. The van der Waals surface area contributed by atoms with Crippen molar-refractivity contribution in [3.05, 3.63) is 23.5 Å². The standard InChI is InChI=1S/C10H12N2O3/c1-7(14)4-5-11-10(15)9-3-2-8(6-13)12-9/h2-3,6,12H,4-5H2,1H3,(H,11,15). The van der Waals surface area contributed by atoms with Crippen LogP contribution in [-0.4, -0.2) is 29.5 Å². The summed E-state index contributed by atoms with van der Waals surface area (Å²) in [6.07, 6.45) is 0.944. The summed E-state index contributed by atoms with van der Waals surface area (Å²) in [5.74, 6) is -0.292. The fraction of sp³-hybridized carbons (Fsp3) is 0.300. The van der Waals surface area contributed by atoms with Gasteiger partial charge in [0.2, 0.25) is 0 Å². The molecule has 15 heavy (non-hydrogen) atoms. The van der Waals surface area contributed by atoms with Crippen molar-refractivity contribution >= 4 is 18.0 Å². The molecule has 1 heterocycles. The van der Waals surface area contributed by atoms with Crippen molar-refractivity contribution in [1.29, 1.82) is 0 Å². The number of hydrogen-bond acceptors (Lipinski definition) is 3. The number of rotatable bonds is 5. The number of amides is 1. The molecule has 80 valence electrons. The largest absolute Gasteiger partial charge is 0.350 e. The van der Waals surface area contributed by atoms with Gasteiger partial charge in [-0.3, -0.25) is 14.4 Å². The Balaban J connectivity index is 2.46. The van der Waals surface area contributed by atoms with E-state index in [-0.39, 0.29) is 11.7 Å². The van der Waals surface area contributed by atoms with Crippen LogP contribution in [0.4, 0.5) is 0 Å². The highest BCUT2D eigenvalue weighted by atomic mass is 16.2. The number of ketones is 1. The SMILES string of the molecule is CC(=O)CCNC(=O)c1ccc(C=O)[nH]1. The first kappa shape index (κ1) is 11.2. The van der Waals surface area contributed by atoms with Crippen molar-refractivity contribution in [2.75, 3.05) is 6.54 Å². The van der Waals surface area contributed by atoms with Crippen LogP contribution in [0.1, 0.15) is 34.3 Å². The molecule has 1 rings (SSSR count). The summed E-state index contributed by atoms with van der Waals surface area (Å²) in [6, 6.07) is 3.04. The third kappa shape index (κ3) is 3.38. The minimum absolute atomic E-state index is 0.0235. The van der Waals surface area contributed by atoms with E-state index in [2.05, 4.69) is 10.3 Å². The minimum atomic E-state index is -0.315. The highest BCUT2D eigenvalue weighted by molar-refractivity contribution is 5.93. The van der Waals surface area contributed by atoms with Crippen molar-refractivity contribution in [3.8, 4) is 0 Å². The fourth-order valence-corrected chi connectivity index (χ4v) is 1.06. The van der Waals surface area contributed by atoms with Crippen LogP contribution in [-0.2, 0) is 4.79 Å². The normalized spacial score (nSPS) is 9.67. The lowest BCUT2D eigenvalue weighted by Crippen LogP contribution is -2.25. The maximum Gasteiger partial charge on any atom is 0.267 e. The maximum absolute atomic E-state index is 11.4. The van der Waals surface area contributed by atoms with Gasteiger partial charge in [-0.25, -0.2) is 0 Å². The van der Waals surface area contributed by atoms with E-state index in [0.29, 0.717) is 30.6 Å². The molecule has 0 saturated heterocycles. The Morgan fingerprint density at radius 2 is 2.20 bits per heavy atom. The number of nitrogens with one attached hydrogen (secondary N) is 2. The van der Waals surface area contributed by atoms with Gasteiger partial charge in [0.25, 0.3) is 5.91 Å². The highest BCUT2D eigenvalue weighted by Gasteiger charge is 2.07. The Morgan fingerprint density at radius 3 is 2.73 bits per heavy atom. The van der Waals surface area contributed by atoms with Crippen molar-refractivity contribution in [3.63, 3.8) is 0 Å². The summed E-state index contributed by atoms with van der Waals surface area (Å²) >= 11 is 0. The zero-order valence-electron chi connectivity index (χ0n) is 8.37. The van der Waals surface area contributed by atoms with Gasteiger partial charge in [0.1, 0.15) is 11.5 Å². The number of Topliss-reactive ketones (excluding diaryl/α,β-unsaturated/α-hetero) is 1. The van der Waals surface area contributed by atoms with E-state index in [1.54, 1.807) is 0 Å². The summed E-state index contributed by atoms with van der Waals surface area (Å²) in [4.78, 5) is 35.0. The van der Waals surface area contributed by atoms with Gasteiger partial charge in [-0.15, -0.1) is 0 Å². The van der Waals surface area contributed by atoms with E-state index in [9.17, 15) is 14.4 Å². The lowest BCUT2D eigenvalue weighted by atomic mass is 10.3. The van der Waals surface area contributed by atoms with E-state index in [4.69, 9.17) is 0 Å². The summed E-state index contributed by atoms with van der Waals surface area (Å²) in [5, 5.41) is 2.56. The Bertz CT molecular complexity index is 382. The number of aromatic amines is 1. The van der Waals surface area contributed by atoms with Crippen LogP contribution in [0.25, 0.3) is 0 Å². The van der Waals surface area contributed by atoms with E-state index < -0.39 is 0 Å². The predicted octanol–water partition coefficient (Wildman–Crippen LogP) is 0.536. The highest BCUT2D eigenvalue weighted by Crippen LogP contribution is 1.99. The van der Waals surface area contributed by atoms with Gasteiger partial charge in [-0.2, -0.15) is 0 Å². The Morgan fingerprint density at radius 1 is 1.47 bits per heavy atom. The van der Waals surface area contributed by atoms with E-state index in [1.165, 1.54) is 19.1 Å². The molecule has 0 radical (unpaired) electrons. The Hall–Kier alpha value is -1.91. The van der Waals surface area contributed by atoms with E-state index in [1.807, 2.05) is 0 Å². The minimum Gasteiger partial charge on any atom is -0.350 e. The van der Waals surface area contributed by atoms with Gasteiger partial charge in [-0.1, -0.05) is 0 Å². The molecule has 0 aliphatic heterocycles. The molecule has 2 N–H and O–H groups in total. The van der Waals surface area contributed by atoms with Crippen LogP contribution < -0.4 is 5.32 Å². The molecule has 0 aliphatic rings. The van der Waals surface area contributed by atoms with Gasteiger partial charge in [-0.05, 0) is 19.1 Å². The fourth-order valence-electron chi connectivity index (χ4n) is 1.06. The molecule has 0 saturated carbocycles. The van der Waals surface area contributed by atoms with Gasteiger partial charge < -0.3 is 10.3 Å². The first-order valence-corrected chi connectivity index (χ1v) is 4.55. The van der Waals surface area contributed by atoms with E-state index in [0.717, 1.165) is 0 Å². The third-order valence-corrected chi connectivity index (χ3v) is 1.84. The Labute approximate surface area is 86.9 Å². The maximum atomic E-state index is 11.4. The van der Waals surface area contributed by atoms with Gasteiger partial charge in [0.05, 0.1) is 5.69 Å². The molecule has 5 heteroatoms. The molecule has 1 amide bonds. The van der Waals surface area contributed by atoms with Gasteiger partial charge in [0, 0.05) is 13.0 Å². The molecule has 1 aromatic heterocycles. The smallest absolute Gasteiger partial charge is 0.267 e. The molecule has 0 aliphatic carbocycles. The molecule has 0 unspecified atom stereocenters. The van der Waals surface area contributed by atoms with Crippen LogP contribution in [0.5, 0.6) is 0 Å². The zero-order valence-corrected chi connectivity index (χ0v) is 8.37. The molecule has 0 aromatic carbocycles. The summed E-state index contributed by atoms with van der Waals surface area (Å²) in [5.41, 5.74) is 0.673. The number of aromatic nitrogens is 1. The Kier molecular flexibility index (Phi) is 3.79. The topological polar surface area (TPSA) is 79.0 Å². The molecule has 1 aromatic rings. The second-order valence-corrected chi connectivity index (χ2v) is 3.15. The predicted molar refractivity (Wildman–Crippen MR) is 53.8 cm³/mol. The van der Waals surface area contributed by atoms with Crippen molar-refractivity contribution in [2.45, 2.75) is 13.3 Å². The molecule has 0 fully saturated rings. The van der Waals surface area contributed by atoms with Crippen molar-refractivity contribution < 1.29 is 14.4 Å². The molecule has 0 spiro atoms. The van der Waals surface area contributed by atoms with Crippen LogP contribution in [0.15, 0.2) is 12.1 Å². The first-order chi connectivity index (χ1) is 7.13. The number of H-pyrrole nitrogens is 1. The summed E-state index contributed by atoms with van der Waals surface area (Å²) < 4.78 is 0. The quantitative estimate of drug-likeness (QED) is 0.693. The summed E-state index contributed by atoms with van der Waals surface area (Å²) in [6.45, 7) is 1.77. The molecular weight excluding hydrogens is 196 g/mol. The van der Waals surface area contributed by atoms with Crippen LogP contribution in [0.3, 0.4) is 0 Å². The average molecular weight is 208 g/mol. The van der Waals surface area contributed by atoms with Gasteiger partial charge in [0.15, 0.2) is 6.29 Å². The second-order valence-electron chi connectivity index (χ2n) is 3.15. The molecule has 0 bridgehead atoms. The van der Waals surface area contributed by atoms with Crippen LogP contribution in [0.2, 0.25) is 0 Å². The zero-order chi connectivity index (χ0) is 11.3. The molecule has 5 nitrogen and oxygen atoms in total. The van der Waals surface area contributed by atoms with Crippen molar-refractivity contribution in [2.24, 2.45) is 0 Å². The lowest BCUT2D eigenvalue weighted by molar-refractivity contribution is -0.116. The lowest BCUT2D eigenvalue weighted by Gasteiger charge is -2.00. The number of carbonyl (C=O) groups excluding carboxylic acids is 3. The number of carbonyl (C=O) groups is 3. The van der Waals surface area contributed by atoms with Crippen LogP contribution >= 0.6 is 0 Å². The van der Waals surface area contributed by atoms with Gasteiger partial charge >= 0.3 is 0 Å². The molecule has 0 atom stereocenters. The van der Waals surface area contributed by atoms with Crippen LogP contribution in [0, 0.1) is 0 Å². The number of hydrogen-bond donors (Lipinski definition) is 2. The second kappa shape index (κ2) is 5.09. The summed E-state index contributed by atoms with van der Waals surface area (Å²) in [7, 11) is 0. The van der Waals surface area contributed by atoms with E-state index >= 15 is 0 Å². The number of aldehydes is 1. The molecular formula is C10H12N2O3.